The van der Waals surface area contributed by atoms with E-state index in [0.29, 0.717) is 19.1 Å². The van der Waals surface area contributed by atoms with Gasteiger partial charge in [0.2, 0.25) is 0 Å². The summed E-state index contributed by atoms with van der Waals surface area (Å²) in [5, 5.41) is 16.1. The highest BCUT2D eigenvalue weighted by molar-refractivity contribution is 5.79. The number of aliphatic hydroxyl groups excluding tert-OH is 1. The van der Waals surface area contributed by atoms with Crippen LogP contribution in [0.5, 0.6) is 5.75 Å². The van der Waals surface area contributed by atoms with Crippen LogP contribution < -0.4 is 15.4 Å². The third-order valence-corrected chi connectivity index (χ3v) is 4.96. The van der Waals surface area contributed by atoms with Crippen molar-refractivity contribution in [2.45, 2.75) is 40.0 Å². The summed E-state index contributed by atoms with van der Waals surface area (Å²) in [7, 11) is 0. The Kier molecular flexibility index (Phi) is 9.58. The summed E-state index contributed by atoms with van der Waals surface area (Å²) in [5.41, 5.74) is 1.24. The van der Waals surface area contributed by atoms with E-state index < -0.39 is 0 Å². The molecule has 0 aliphatic carbocycles. The second-order valence-corrected chi connectivity index (χ2v) is 8.00. The van der Waals surface area contributed by atoms with Crippen LogP contribution in [0.1, 0.15) is 39.2 Å². The van der Waals surface area contributed by atoms with Crippen molar-refractivity contribution >= 4 is 5.96 Å². The van der Waals surface area contributed by atoms with Gasteiger partial charge in [0.15, 0.2) is 5.96 Å². The van der Waals surface area contributed by atoms with Crippen molar-refractivity contribution in [3.8, 4) is 5.75 Å². The average Bonchev–Trinajstić information content (AvgIpc) is 3.14. The highest BCUT2D eigenvalue weighted by atomic mass is 16.5. The standard InChI is InChI=1S/C22H37N3O3/c1-4-23-21(25-16-22(10-13-26)11-14-27-17-22)24-12-9-19-5-7-20(8-6-19)28-15-18(2)3/h5-8,18,26H,4,9-17H2,1-3H3,(H2,23,24,25). The molecule has 1 unspecified atom stereocenters. The minimum atomic E-state index is -0.0249. The van der Waals surface area contributed by atoms with E-state index in [-0.39, 0.29) is 12.0 Å². The van der Waals surface area contributed by atoms with Gasteiger partial charge in [0.05, 0.1) is 19.8 Å². The fourth-order valence-corrected chi connectivity index (χ4v) is 3.22. The quantitative estimate of drug-likeness (QED) is 0.399. The molecule has 1 aliphatic rings. The van der Waals surface area contributed by atoms with Gasteiger partial charge in [0, 0.05) is 31.7 Å². The highest BCUT2D eigenvalue weighted by Gasteiger charge is 2.34. The summed E-state index contributed by atoms with van der Waals surface area (Å²) in [5.74, 6) is 2.27. The van der Waals surface area contributed by atoms with E-state index in [1.807, 2.05) is 12.1 Å². The van der Waals surface area contributed by atoms with Gasteiger partial charge in [-0.05, 0) is 49.8 Å². The Bertz CT molecular complexity index is 581. The summed E-state index contributed by atoms with van der Waals surface area (Å²) in [6.07, 6.45) is 2.61. The maximum absolute atomic E-state index is 9.36. The minimum Gasteiger partial charge on any atom is -0.493 e. The van der Waals surface area contributed by atoms with E-state index in [4.69, 9.17) is 14.5 Å². The zero-order valence-electron chi connectivity index (χ0n) is 17.7. The molecule has 1 aromatic rings. The third-order valence-electron chi connectivity index (χ3n) is 4.96. The van der Waals surface area contributed by atoms with Crippen molar-refractivity contribution in [3.05, 3.63) is 29.8 Å². The predicted molar refractivity (Wildman–Crippen MR) is 114 cm³/mol. The molecule has 0 spiro atoms. The Labute approximate surface area is 169 Å². The summed E-state index contributed by atoms with van der Waals surface area (Å²) in [6, 6.07) is 8.31. The number of aliphatic imine (C=N–C) groups is 1. The Balaban J connectivity index is 1.82. The van der Waals surface area contributed by atoms with E-state index in [0.717, 1.165) is 57.3 Å². The molecule has 6 heteroatoms. The molecule has 0 amide bonds. The van der Waals surface area contributed by atoms with E-state index in [9.17, 15) is 5.11 Å². The van der Waals surface area contributed by atoms with Gasteiger partial charge < -0.3 is 25.2 Å². The van der Waals surface area contributed by atoms with Crippen LogP contribution in [0.4, 0.5) is 0 Å². The molecule has 158 valence electrons. The fourth-order valence-electron chi connectivity index (χ4n) is 3.22. The molecular formula is C22H37N3O3. The Morgan fingerprint density at radius 1 is 1.29 bits per heavy atom. The van der Waals surface area contributed by atoms with Crippen LogP contribution in [0.25, 0.3) is 0 Å². The van der Waals surface area contributed by atoms with Gasteiger partial charge in [-0.3, -0.25) is 4.99 Å². The molecule has 1 aliphatic heterocycles. The first-order valence-electron chi connectivity index (χ1n) is 10.5. The van der Waals surface area contributed by atoms with Gasteiger partial charge in [0.25, 0.3) is 0 Å². The first-order chi connectivity index (χ1) is 13.6. The SMILES string of the molecule is CCNC(=NCC1(CCO)CCOC1)NCCc1ccc(OCC(C)C)cc1. The summed E-state index contributed by atoms with van der Waals surface area (Å²) in [6.45, 7) is 11.0. The van der Waals surface area contributed by atoms with Crippen molar-refractivity contribution in [3.63, 3.8) is 0 Å². The number of ether oxygens (including phenoxy) is 2. The number of hydrogen-bond acceptors (Lipinski definition) is 4. The van der Waals surface area contributed by atoms with E-state index in [2.05, 4.69) is 43.5 Å². The topological polar surface area (TPSA) is 75.1 Å². The van der Waals surface area contributed by atoms with Crippen molar-refractivity contribution in [2.75, 3.05) is 46.1 Å². The maximum atomic E-state index is 9.36. The maximum Gasteiger partial charge on any atom is 0.191 e. The second kappa shape index (κ2) is 11.9. The van der Waals surface area contributed by atoms with Crippen molar-refractivity contribution in [1.29, 1.82) is 0 Å². The van der Waals surface area contributed by atoms with E-state index in [1.165, 1.54) is 5.56 Å². The molecular weight excluding hydrogens is 354 g/mol. The van der Waals surface area contributed by atoms with Crippen LogP contribution in [0.2, 0.25) is 0 Å². The first kappa shape index (κ1) is 22.5. The zero-order valence-corrected chi connectivity index (χ0v) is 17.7. The lowest BCUT2D eigenvalue weighted by molar-refractivity contribution is 0.131. The normalized spacial score (nSPS) is 19.8. The molecule has 1 atom stereocenters. The molecule has 28 heavy (non-hydrogen) atoms. The van der Waals surface area contributed by atoms with Crippen LogP contribution in [-0.4, -0.2) is 57.1 Å². The van der Waals surface area contributed by atoms with Crippen molar-refractivity contribution in [2.24, 2.45) is 16.3 Å². The Morgan fingerprint density at radius 2 is 2.07 bits per heavy atom. The number of nitrogens with one attached hydrogen (secondary N) is 2. The molecule has 1 saturated heterocycles. The third kappa shape index (κ3) is 7.68. The summed E-state index contributed by atoms with van der Waals surface area (Å²) < 4.78 is 11.3. The number of rotatable bonds is 11. The largest absolute Gasteiger partial charge is 0.493 e. The van der Waals surface area contributed by atoms with Crippen molar-refractivity contribution < 1.29 is 14.6 Å². The number of hydrogen-bond donors (Lipinski definition) is 3. The molecule has 1 heterocycles. The minimum absolute atomic E-state index is 0.0249. The van der Waals surface area contributed by atoms with Crippen molar-refractivity contribution in [1.82, 2.24) is 10.6 Å². The van der Waals surface area contributed by atoms with Crippen LogP contribution in [0.15, 0.2) is 29.3 Å². The Morgan fingerprint density at radius 3 is 2.68 bits per heavy atom. The van der Waals surface area contributed by atoms with Crippen LogP contribution >= 0.6 is 0 Å². The number of benzene rings is 1. The van der Waals surface area contributed by atoms with Gasteiger partial charge in [-0.1, -0.05) is 26.0 Å². The Hall–Kier alpha value is -1.79. The molecule has 0 saturated carbocycles. The molecule has 1 fully saturated rings. The monoisotopic (exact) mass is 391 g/mol. The van der Waals surface area contributed by atoms with Gasteiger partial charge in [-0.25, -0.2) is 0 Å². The molecule has 0 radical (unpaired) electrons. The number of guanidine groups is 1. The smallest absolute Gasteiger partial charge is 0.191 e. The second-order valence-electron chi connectivity index (χ2n) is 8.00. The van der Waals surface area contributed by atoms with Crippen LogP contribution in [0.3, 0.4) is 0 Å². The molecule has 1 aromatic carbocycles. The van der Waals surface area contributed by atoms with E-state index in [1.54, 1.807) is 0 Å². The molecule has 0 aromatic heterocycles. The lowest BCUT2D eigenvalue weighted by Crippen LogP contribution is -2.39. The molecule has 6 nitrogen and oxygen atoms in total. The summed E-state index contributed by atoms with van der Waals surface area (Å²) in [4.78, 5) is 4.76. The molecule has 0 bridgehead atoms. The van der Waals surface area contributed by atoms with Gasteiger partial charge in [-0.15, -0.1) is 0 Å². The first-order valence-corrected chi connectivity index (χ1v) is 10.5. The van der Waals surface area contributed by atoms with Gasteiger partial charge >= 0.3 is 0 Å². The highest BCUT2D eigenvalue weighted by Crippen LogP contribution is 2.32. The number of nitrogens with zero attached hydrogens (tertiary/aromatic N) is 1. The molecule has 2 rings (SSSR count). The summed E-state index contributed by atoms with van der Waals surface area (Å²) >= 11 is 0. The van der Waals surface area contributed by atoms with Gasteiger partial charge in [-0.2, -0.15) is 0 Å². The fraction of sp³-hybridized carbons (Fsp3) is 0.682. The molecule has 3 N–H and O–H groups in total. The lowest BCUT2D eigenvalue weighted by Gasteiger charge is -2.24. The number of aliphatic hydroxyl groups is 1. The predicted octanol–water partition coefficient (Wildman–Crippen LogP) is 2.61. The van der Waals surface area contributed by atoms with Gasteiger partial charge in [0.1, 0.15) is 5.75 Å². The van der Waals surface area contributed by atoms with Crippen LogP contribution in [0, 0.1) is 11.3 Å². The lowest BCUT2D eigenvalue weighted by atomic mass is 9.84. The van der Waals surface area contributed by atoms with Crippen LogP contribution in [-0.2, 0) is 11.2 Å². The zero-order chi connectivity index (χ0) is 20.2. The average molecular weight is 392 g/mol. The van der Waals surface area contributed by atoms with E-state index >= 15 is 0 Å².